The second kappa shape index (κ2) is 3.90. The van der Waals surface area contributed by atoms with E-state index in [0.29, 0.717) is 0 Å². The van der Waals surface area contributed by atoms with Gasteiger partial charge in [-0.1, -0.05) is 12.2 Å². The SMILES string of the molecule is CC(=S)N/C(C)=C(\C)S. The molecule has 0 fully saturated rings. The number of allylic oxidation sites excluding steroid dienone is 2. The molecule has 0 amide bonds. The van der Waals surface area contributed by atoms with Gasteiger partial charge in [-0.15, -0.1) is 12.6 Å². The monoisotopic (exact) mass is 161 g/mol. The van der Waals surface area contributed by atoms with Gasteiger partial charge < -0.3 is 5.32 Å². The van der Waals surface area contributed by atoms with Crippen molar-refractivity contribution in [3.8, 4) is 0 Å². The molecule has 1 N–H and O–H groups in total. The van der Waals surface area contributed by atoms with Crippen molar-refractivity contribution in [2.45, 2.75) is 20.8 Å². The van der Waals surface area contributed by atoms with Gasteiger partial charge in [0.05, 0.1) is 4.99 Å². The summed E-state index contributed by atoms with van der Waals surface area (Å²) in [4.78, 5) is 1.75. The molecule has 0 aliphatic carbocycles. The minimum atomic E-state index is 0.779. The predicted octanol–water partition coefficient (Wildman–Crippen LogP) is 2.10. The third-order valence-electron chi connectivity index (χ3n) is 0.906. The van der Waals surface area contributed by atoms with Gasteiger partial charge in [-0.3, -0.25) is 0 Å². The summed E-state index contributed by atoms with van der Waals surface area (Å²) in [5.41, 5.74) is 1.02. The first-order chi connectivity index (χ1) is 4.04. The van der Waals surface area contributed by atoms with Crippen molar-refractivity contribution in [2.75, 3.05) is 0 Å². The molecule has 0 aromatic heterocycles. The van der Waals surface area contributed by atoms with Crippen molar-refractivity contribution in [1.29, 1.82) is 0 Å². The zero-order valence-corrected chi connectivity index (χ0v) is 7.57. The highest BCUT2D eigenvalue weighted by Crippen LogP contribution is 2.02. The molecule has 0 radical (unpaired) electrons. The molecule has 0 saturated carbocycles. The molecule has 52 valence electrons. The summed E-state index contributed by atoms with van der Waals surface area (Å²) < 4.78 is 0. The molecule has 0 bridgehead atoms. The van der Waals surface area contributed by atoms with Gasteiger partial charge in [0.1, 0.15) is 0 Å². The summed E-state index contributed by atoms with van der Waals surface area (Å²) in [5, 5.41) is 2.98. The van der Waals surface area contributed by atoms with Crippen LogP contribution in [0, 0.1) is 0 Å². The topological polar surface area (TPSA) is 12.0 Å². The van der Waals surface area contributed by atoms with Crippen LogP contribution in [0.2, 0.25) is 0 Å². The lowest BCUT2D eigenvalue weighted by atomic mass is 10.4. The Labute approximate surface area is 66.9 Å². The Bertz CT molecular complexity index is 145. The van der Waals surface area contributed by atoms with E-state index in [0.717, 1.165) is 15.6 Å². The zero-order valence-electron chi connectivity index (χ0n) is 5.86. The maximum absolute atomic E-state index is 4.81. The lowest BCUT2D eigenvalue weighted by Gasteiger charge is -2.03. The van der Waals surface area contributed by atoms with Crippen molar-refractivity contribution < 1.29 is 0 Å². The maximum atomic E-state index is 4.81. The smallest absolute Gasteiger partial charge is 0.0763 e. The van der Waals surface area contributed by atoms with Gasteiger partial charge in [-0.25, -0.2) is 0 Å². The van der Waals surface area contributed by atoms with Crippen LogP contribution in [0.15, 0.2) is 10.6 Å². The first kappa shape index (κ1) is 8.98. The molecule has 0 aliphatic rings. The molecule has 9 heavy (non-hydrogen) atoms. The van der Waals surface area contributed by atoms with Crippen LogP contribution in [0.5, 0.6) is 0 Å². The van der Waals surface area contributed by atoms with E-state index >= 15 is 0 Å². The standard InChI is InChI=1S/C6H11NS2/c1-4(5(2)8)7-6(3)9/h8H,1-3H3,(H,7,9)/b5-4+. The number of hydrogen-bond donors (Lipinski definition) is 2. The summed E-state index contributed by atoms with van der Waals surface area (Å²) in [6, 6.07) is 0. The Morgan fingerprint density at radius 2 is 1.78 bits per heavy atom. The summed E-state index contributed by atoms with van der Waals surface area (Å²) >= 11 is 8.94. The van der Waals surface area contributed by atoms with Gasteiger partial charge in [0, 0.05) is 5.70 Å². The molecule has 0 heterocycles. The highest BCUT2D eigenvalue weighted by Gasteiger charge is 1.90. The van der Waals surface area contributed by atoms with E-state index in [-0.39, 0.29) is 0 Å². The van der Waals surface area contributed by atoms with Gasteiger partial charge in [0.25, 0.3) is 0 Å². The van der Waals surface area contributed by atoms with E-state index in [2.05, 4.69) is 17.9 Å². The molecule has 0 aliphatic heterocycles. The Kier molecular flexibility index (Phi) is 3.89. The molecule has 0 aromatic rings. The van der Waals surface area contributed by atoms with E-state index in [4.69, 9.17) is 12.2 Å². The fourth-order valence-corrected chi connectivity index (χ4v) is 0.563. The highest BCUT2D eigenvalue weighted by atomic mass is 32.1. The highest BCUT2D eigenvalue weighted by molar-refractivity contribution is 7.84. The van der Waals surface area contributed by atoms with Gasteiger partial charge in [-0.05, 0) is 25.7 Å². The fourth-order valence-electron chi connectivity index (χ4n) is 0.354. The lowest BCUT2D eigenvalue weighted by molar-refractivity contribution is 1.11. The van der Waals surface area contributed by atoms with Gasteiger partial charge in [0.15, 0.2) is 0 Å². The van der Waals surface area contributed by atoms with Crippen molar-refractivity contribution >= 4 is 29.8 Å². The second-order valence-corrected chi connectivity index (χ2v) is 3.17. The summed E-state index contributed by atoms with van der Waals surface area (Å²) in [5.74, 6) is 0. The fraction of sp³-hybridized carbons (Fsp3) is 0.500. The summed E-state index contributed by atoms with van der Waals surface area (Å²) in [7, 11) is 0. The van der Waals surface area contributed by atoms with Crippen LogP contribution in [-0.2, 0) is 0 Å². The van der Waals surface area contributed by atoms with Crippen LogP contribution in [0.25, 0.3) is 0 Å². The third-order valence-corrected chi connectivity index (χ3v) is 1.34. The molecule has 0 rings (SSSR count). The Balaban J connectivity index is 3.92. The maximum Gasteiger partial charge on any atom is 0.0763 e. The molecule has 0 aromatic carbocycles. The zero-order chi connectivity index (χ0) is 7.44. The predicted molar refractivity (Wildman–Crippen MR) is 48.8 cm³/mol. The average molecular weight is 161 g/mol. The minimum Gasteiger partial charge on any atom is -0.353 e. The van der Waals surface area contributed by atoms with Crippen LogP contribution in [-0.4, -0.2) is 4.99 Å². The lowest BCUT2D eigenvalue weighted by Crippen LogP contribution is -2.15. The first-order valence-electron chi connectivity index (χ1n) is 2.68. The van der Waals surface area contributed by atoms with Crippen molar-refractivity contribution in [2.24, 2.45) is 0 Å². The molecule has 0 atom stereocenters. The van der Waals surface area contributed by atoms with Crippen LogP contribution >= 0.6 is 24.8 Å². The molecular formula is C6H11NS2. The number of rotatable bonds is 1. The Morgan fingerprint density at radius 1 is 1.33 bits per heavy atom. The van der Waals surface area contributed by atoms with Gasteiger partial charge >= 0.3 is 0 Å². The molecule has 1 nitrogen and oxygen atoms in total. The van der Waals surface area contributed by atoms with E-state index in [1.54, 1.807) is 0 Å². The van der Waals surface area contributed by atoms with Crippen molar-refractivity contribution in [1.82, 2.24) is 5.32 Å². The van der Waals surface area contributed by atoms with Crippen molar-refractivity contribution in [3.05, 3.63) is 10.6 Å². The molecule has 0 saturated heterocycles. The second-order valence-electron chi connectivity index (χ2n) is 1.89. The van der Waals surface area contributed by atoms with E-state index in [1.807, 2.05) is 20.8 Å². The Hall–Kier alpha value is -0.0200. The van der Waals surface area contributed by atoms with Gasteiger partial charge in [0.2, 0.25) is 0 Å². The summed E-state index contributed by atoms with van der Waals surface area (Å²) in [6.07, 6.45) is 0. The van der Waals surface area contributed by atoms with Crippen molar-refractivity contribution in [3.63, 3.8) is 0 Å². The van der Waals surface area contributed by atoms with E-state index < -0.39 is 0 Å². The number of thiol groups is 1. The average Bonchev–Trinajstić information content (AvgIpc) is 1.63. The molecular weight excluding hydrogens is 150 g/mol. The normalized spacial score (nSPS) is 12.4. The van der Waals surface area contributed by atoms with Gasteiger partial charge in [-0.2, -0.15) is 0 Å². The third kappa shape index (κ3) is 4.48. The van der Waals surface area contributed by atoms with Crippen LogP contribution in [0.4, 0.5) is 0 Å². The van der Waals surface area contributed by atoms with Crippen LogP contribution in [0.3, 0.4) is 0 Å². The largest absolute Gasteiger partial charge is 0.353 e. The number of thiocarbonyl (C=S) groups is 1. The quantitative estimate of drug-likeness (QED) is 0.451. The molecule has 3 heteroatoms. The van der Waals surface area contributed by atoms with E-state index in [1.165, 1.54) is 0 Å². The Morgan fingerprint density at radius 3 is 1.89 bits per heavy atom. The summed E-state index contributed by atoms with van der Waals surface area (Å²) in [6.45, 7) is 5.71. The first-order valence-corrected chi connectivity index (χ1v) is 3.53. The molecule has 0 spiro atoms. The number of hydrogen-bond acceptors (Lipinski definition) is 2. The van der Waals surface area contributed by atoms with E-state index in [9.17, 15) is 0 Å². The minimum absolute atomic E-state index is 0.779. The van der Waals surface area contributed by atoms with Crippen LogP contribution < -0.4 is 5.32 Å². The number of nitrogens with one attached hydrogen (secondary N) is 1. The van der Waals surface area contributed by atoms with Crippen LogP contribution in [0.1, 0.15) is 20.8 Å². The molecule has 0 unspecified atom stereocenters.